The largest absolute Gasteiger partial charge is 0.327 e. The molecular formula is C18H19N5O2. The van der Waals surface area contributed by atoms with Gasteiger partial charge in [-0.25, -0.2) is 4.79 Å². The van der Waals surface area contributed by atoms with E-state index in [1.807, 2.05) is 30.3 Å². The van der Waals surface area contributed by atoms with Crippen LogP contribution in [0, 0.1) is 11.8 Å². The molecule has 0 aliphatic carbocycles. The Kier molecular flexibility index (Phi) is 5.00. The highest BCUT2D eigenvalue weighted by atomic mass is 16.2. The summed E-state index contributed by atoms with van der Waals surface area (Å²) in [6.45, 7) is 0.775. The van der Waals surface area contributed by atoms with Crippen LogP contribution >= 0.6 is 0 Å². The Bertz CT molecular complexity index is 819. The molecule has 1 aliphatic rings. The van der Waals surface area contributed by atoms with Crippen LogP contribution in [-0.4, -0.2) is 40.9 Å². The topological polar surface area (TPSA) is 79.3 Å². The van der Waals surface area contributed by atoms with Crippen molar-refractivity contribution in [3.05, 3.63) is 48.3 Å². The second-order valence-electron chi connectivity index (χ2n) is 5.70. The number of aromatic nitrogens is 2. The lowest BCUT2D eigenvalue weighted by atomic mass is 10.2. The van der Waals surface area contributed by atoms with Crippen molar-refractivity contribution in [3.63, 3.8) is 0 Å². The summed E-state index contributed by atoms with van der Waals surface area (Å²) < 4.78 is 1.64. The van der Waals surface area contributed by atoms with Crippen LogP contribution in [0.1, 0.15) is 12.0 Å². The molecule has 0 bridgehead atoms. The Morgan fingerprint density at radius 3 is 2.88 bits per heavy atom. The van der Waals surface area contributed by atoms with Gasteiger partial charge in [0.2, 0.25) is 5.91 Å². The van der Waals surface area contributed by atoms with Crippen molar-refractivity contribution in [3.8, 4) is 11.8 Å². The lowest BCUT2D eigenvalue weighted by molar-refractivity contribution is -0.118. The Morgan fingerprint density at radius 1 is 1.36 bits per heavy atom. The van der Waals surface area contributed by atoms with Gasteiger partial charge in [0.1, 0.15) is 6.04 Å². The van der Waals surface area contributed by atoms with Crippen LogP contribution in [0.5, 0.6) is 0 Å². The molecule has 25 heavy (non-hydrogen) atoms. The molecular weight excluding hydrogens is 318 g/mol. The number of hydrogen-bond donors (Lipinski definition) is 2. The molecule has 3 rings (SSSR count). The lowest BCUT2D eigenvalue weighted by Crippen LogP contribution is -2.46. The first kappa shape index (κ1) is 16.6. The maximum absolute atomic E-state index is 12.4. The van der Waals surface area contributed by atoms with E-state index in [-0.39, 0.29) is 12.5 Å². The van der Waals surface area contributed by atoms with Gasteiger partial charge in [0.05, 0.1) is 18.4 Å². The standard InChI is InChI=1S/C18H19N5O2/c1-22-13-15(12-20-22)23-11-9-16(17(23)24)21-18(25)19-10-5-8-14-6-3-2-4-7-14/h2-4,6-7,12-13,16H,9-11H2,1H3,(H2,19,21,25). The fourth-order valence-electron chi connectivity index (χ4n) is 2.62. The van der Waals surface area contributed by atoms with Gasteiger partial charge in [-0.15, -0.1) is 0 Å². The highest BCUT2D eigenvalue weighted by Gasteiger charge is 2.34. The van der Waals surface area contributed by atoms with E-state index in [1.165, 1.54) is 0 Å². The minimum atomic E-state index is -0.526. The Labute approximate surface area is 146 Å². The van der Waals surface area contributed by atoms with Crippen LogP contribution < -0.4 is 15.5 Å². The number of aryl methyl sites for hydroxylation is 1. The van der Waals surface area contributed by atoms with E-state index >= 15 is 0 Å². The van der Waals surface area contributed by atoms with Crippen LogP contribution in [0.4, 0.5) is 10.5 Å². The number of carbonyl (C=O) groups is 2. The zero-order chi connectivity index (χ0) is 17.6. The van der Waals surface area contributed by atoms with Crippen LogP contribution in [0.15, 0.2) is 42.7 Å². The van der Waals surface area contributed by atoms with Crippen molar-refractivity contribution in [2.45, 2.75) is 12.5 Å². The molecule has 1 fully saturated rings. The first-order chi connectivity index (χ1) is 12.1. The van der Waals surface area contributed by atoms with Gasteiger partial charge >= 0.3 is 6.03 Å². The second kappa shape index (κ2) is 7.53. The van der Waals surface area contributed by atoms with Gasteiger partial charge in [0.25, 0.3) is 0 Å². The molecule has 1 aromatic heterocycles. The number of urea groups is 1. The zero-order valence-corrected chi connectivity index (χ0v) is 13.9. The van der Waals surface area contributed by atoms with Gasteiger partial charge in [0.15, 0.2) is 0 Å². The molecule has 3 amide bonds. The van der Waals surface area contributed by atoms with Gasteiger partial charge < -0.3 is 15.5 Å². The van der Waals surface area contributed by atoms with Crippen molar-refractivity contribution >= 4 is 17.6 Å². The maximum Gasteiger partial charge on any atom is 0.316 e. The summed E-state index contributed by atoms with van der Waals surface area (Å²) >= 11 is 0. The predicted molar refractivity (Wildman–Crippen MR) is 93.8 cm³/mol. The third kappa shape index (κ3) is 4.18. The van der Waals surface area contributed by atoms with E-state index in [9.17, 15) is 9.59 Å². The smallest absolute Gasteiger partial charge is 0.316 e. The number of carbonyl (C=O) groups excluding carboxylic acids is 2. The summed E-state index contributed by atoms with van der Waals surface area (Å²) in [5.74, 6) is 5.71. The van der Waals surface area contributed by atoms with E-state index in [0.29, 0.717) is 13.0 Å². The van der Waals surface area contributed by atoms with Gasteiger partial charge in [-0.1, -0.05) is 30.0 Å². The maximum atomic E-state index is 12.4. The van der Waals surface area contributed by atoms with Crippen molar-refractivity contribution in [1.82, 2.24) is 20.4 Å². The summed E-state index contributed by atoms with van der Waals surface area (Å²) in [6.07, 6.45) is 3.98. The molecule has 0 saturated carbocycles. The van der Waals surface area contributed by atoms with Gasteiger partial charge in [-0.2, -0.15) is 5.10 Å². The monoisotopic (exact) mass is 337 g/mol. The van der Waals surface area contributed by atoms with Crippen LogP contribution in [0.3, 0.4) is 0 Å². The Hall–Kier alpha value is -3.27. The van der Waals surface area contributed by atoms with Crippen LogP contribution in [0.2, 0.25) is 0 Å². The van der Waals surface area contributed by atoms with Crippen molar-refractivity contribution < 1.29 is 9.59 Å². The molecule has 0 spiro atoms. The molecule has 0 radical (unpaired) electrons. The highest BCUT2D eigenvalue weighted by molar-refractivity contribution is 6.01. The van der Waals surface area contributed by atoms with E-state index in [0.717, 1.165) is 11.3 Å². The van der Waals surface area contributed by atoms with Crippen LogP contribution in [-0.2, 0) is 11.8 Å². The average Bonchev–Trinajstić information content (AvgIpc) is 3.19. The molecule has 7 nitrogen and oxygen atoms in total. The molecule has 7 heteroatoms. The molecule has 1 saturated heterocycles. The number of anilines is 1. The van der Waals surface area contributed by atoms with Crippen molar-refractivity contribution in [2.75, 3.05) is 18.0 Å². The molecule has 1 atom stereocenters. The average molecular weight is 337 g/mol. The number of rotatable bonds is 3. The minimum absolute atomic E-state index is 0.126. The third-order valence-corrected chi connectivity index (χ3v) is 3.86. The summed E-state index contributed by atoms with van der Waals surface area (Å²) in [6, 6.07) is 8.61. The molecule has 2 aromatic rings. The predicted octanol–water partition coefficient (Wildman–Crippen LogP) is 0.876. The number of amides is 3. The summed E-state index contributed by atoms with van der Waals surface area (Å²) in [4.78, 5) is 25.9. The lowest BCUT2D eigenvalue weighted by Gasteiger charge is -2.15. The van der Waals surface area contributed by atoms with Crippen molar-refractivity contribution in [1.29, 1.82) is 0 Å². The number of nitrogens with zero attached hydrogens (tertiary/aromatic N) is 3. The number of nitrogens with one attached hydrogen (secondary N) is 2. The number of benzene rings is 1. The SMILES string of the molecule is Cn1cc(N2CCC(NC(=O)NCC#Cc3ccccc3)C2=O)cn1. The first-order valence-corrected chi connectivity index (χ1v) is 8.02. The molecule has 1 aromatic carbocycles. The Balaban J connectivity index is 1.47. The molecule has 2 heterocycles. The van der Waals surface area contributed by atoms with Gasteiger partial charge in [0, 0.05) is 25.4 Å². The van der Waals surface area contributed by atoms with Gasteiger partial charge in [-0.05, 0) is 18.6 Å². The highest BCUT2D eigenvalue weighted by Crippen LogP contribution is 2.20. The van der Waals surface area contributed by atoms with E-state index in [4.69, 9.17) is 0 Å². The summed E-state index contributed by atoms with van der Waals surface area (Å²) in [5.41, 5.74) is 1.63. The van der Waals surface area contributed by atoms with Gasteiger partial charge in [-0.3, -0.25) is 9.48 Å². The second-order valence-corrected chi connectivity index (χ2v) is 5.70. The zero-order valence-electron chi connectivity index (χ0n) is 13.9. The normalized spacial score (nSPS) is 16.3. The first-order valence-electron chi connectivity index (χ1n) is 8.02. The minimum Gasteiger partial charge on any atom is -0.327 e. The molecule has 1 unspecified atom stereocenters. The number of hydrogen-bond acceptors (Lipinski definition) is 3. The van der Waals surface area contributed by atoms with E-state index in [1.54, 1.807) is 29.0 Å². The molecule has 128 valence electrons. The molecule has 1 aliphatic heterocycles. The van der Waals surface area contributed by atoms with E-state index < -0.39 is 12.1 Å². The van der Waals surface area contributed by atoms with Crippen LogP contribution in [0.25, 0.3) is 0 Å². The molecule has 2 N–H and O–H groups in total. The Morgan fingerprint density at radius 2 is 2.16 bits per heavy atom. The fraction of sp³-hybridized carbons (Fsp3) is 0.278. The summed E-state index contributed by atoms with van der Waals surface area (Å²) in [5, 5.41) is 9.41. The fourth-order valence-corrected chi connectivity index (χ4v) is 2.62. The third-order valence-electron chi connectivity index (χ3n) is 3.86. The summed E-state index contributed by atoms with van der Waals surface area (Å²) in [7, 11) is 1.80. The quantitative estimate of drug-likeness (QED) is 0.816. The van der Waals surface area contributed by atoms with Crippen molar-refractivity contribution in [2.24, 2.45) is 7.05 Å². The van der Waals surface area contributed by atoms with E-state index in [2.05, 4.69) is 27.6 Å².